The first-order valence-electron chi connectivity index (χ1n) is 13.5. The minimum absolute atomic E-state index is 0. The molecule has 1 N–H and O–H groups in total. The molecule has 1 amide bonds. The van der Waals surface area contributed by atoms with E-state index < -0.39 is 0 Å². The molecule has 0 bridgehead atoms. The van der Waals surface area contributed by atoms with Crippen LogP contribution >= 0.6 is 0 Å². The van der Waals surface area contributed by atoms with Gasteiger partial charge in [0.25, 0.3) is 0 Å². The fourth-order valence-electron chi connectivity index (χ4n) is 6.46. The second kappa shape index (κ2) is 11.0. The van der Waals surface area contributed by atoms with Crippen LogP contribution in [0.2, 0.25) is 0 Å². The van der Waals surface area contributed by atoms with Crippen molar-refractivity contribution < 1.29 is 18.6 Å². The Hall–Kier alpha value is -2.85. The number of carbonyl (C=O) groups is 1. The Morgan fingerprint density at radius 3 is 2.31 bits per heavy atom. The van der Waals surface area contributed by atoms with Crippen molar-refractivity contribution >= 4 is 27.7 Å². The summed E-state index contributed by atoms with van der Waals surface area (Å²) in [5, 5.41) is 5.88. The molecule has 4 nitrogen and oxygen atoms in total. The smallest absolute Gasteiger partial charge is 1.00 e. The molecule has 1 heterocycles. The van der Waals surface area contributed by atoms with Gasteiger partial charge in [-0.2, -0.15) is 0 Å². The van der Waals surface area contributed by atoms with Crippen molar-refractivity contribution in [2.75, 3.05) is 0 Å². The summed E-state index contributed by atoms with van der Waals surface area (Å²) in [6.45, 7) is 0. The number of carbonyl (C=O) groups excluding carboxylic acids is 1. The maximum absolute atomic E-state index is 14.1. The zero-order chi connectivity index (χ0) is 23.6. The van der Waals surface area contributed by atoms with Crippen LogP contribution in [0.1, 0.15) is 71.7 Å². The fourth-order valence-corrected chi connectivity index (χ4v) is 6.46. The van der Waals surface area contributed by atoms with Gasteiger partial charge in [0.15, 0.2) is 0 Å². The third kappa shape index (κ3) is 4.76. The summed E-state index contributed by atoms with van der Waals surface area (Å²) >= 11 is 0. The summed E-state index contributed by atoms with van der Waals surface area (Å²) in [5.41, 5.74) is 3.12. The largest absolute Gasteiger partial charge is 1.00 e. The molecule has 0 spiro atoms. The molecule has 2 aliphatic rings. The molecule has 2 fully saturated rings. The van der Waals surface area contributed by atoms with Crippen molar-refractivity contribution in [2.24, 2.45) is 5.92 Å². The summed E-state index contributed by atoms with van der Waals surface area (Å²) in [5.74, 6) is 1.43. The molecule has 1 unspecified atom stereocenters. The lowest BCUT2D eigenvalue weighted by molar-refractivity contribution is -0.127. The summed E-state index contributed by atoms with van der Waals surface area (Å²) in [6.07, 6.45) is 11.8. The number of para-hydroxylation sites is 2. The molecule has 4 aromatic rings. The first-order valence-corrected chi connectivity index (χ1v) is 13.5. The number of hydrogen-bond donors (Lipinski definition) is 1. The SMILES string of the molecule is O=C(NC1CCCCC1)C(C1CCCCC1)n1c(-c2cccc3ccccc23)nc2ccccc21.[Cl-].[H+]. The number of imidazole rings is 1. The van der Waals surface area contributed by atoms with Gasteiger partial charge in [-0.05, 0) is 54.5 Å². The van der Waals surface area contributed by atoms with Gasteiger partial charge in [0.05, 0.1) is 11.0 Å². The van der Waals surface area contributed by atoms with Gasteiger partial charge in [0.1, 0.15) is 11.9 Å². The predicted molar refractivity (Wildman–Crippen MR) is 144 cm³/mol. The van der Waals surface area contributed by atoms with Crippen molar-refractivity contribution in [3.05, 3.63) is 66.7 Å². The number of benzene rings is 3. The zero-order valence-corrected chi connectivity index (χ0v) is 21.6. The topological polar surface area (TPSA) is 46.9 Å². The first-order chi connectivity index (χ1) is 17.3. The summed E-state index contributed by atoms with van der Waals surface area (Å²) in [7, 11) is 0. The Morgan fingerprint density at radius 2 is 1.50 bits per heavy atom. The molecule has 36 heavy (non-hydrogen) atoms. The second-order valence-corrected chi connectivity index (χ2v) is 10.5. The van der Waals surface area contributed by atoms with Gasteiger partial charge in [-0.3, -0.25) is 4.79 Å². The van der Waals surface area contributed by atoms with Gasteiger partial charge in [0.2, 0.25) is 5.91 Å². The van der Waals surface area contributed by atoms with Gasteiger partial charge < -0.3 is 22.3 Å². The van der Waals surface area contributed by atoms with Crippen LogP contribution in [-0.4, -0.2) is 21.5 Å². The second-order valence-electron chi connectivity index (χ2n) is 10.5. The number of halogens is 1. The summed E-state index contributed by atoms with van der Waals surface area (Å²) in [6, 6.07) is 23.3. The van der Waals surface area contributed by atoms with Crippen molar-refractivity contribution in [1.82, 2.24) is 14.9 Å². The quantitative estimate of drug-likeness (QED) is 0.436. The lowest BCUT2D eigenvalue weighted by atomic mass is 9.82. The molecule has 0 aliphatic heterocycles. The number of fused-ring (bicyclic) bond motifs is 2. The molecular formula is C31H36ClN3O. The average Bonchev–Trinajstić information content (AvgIpc) is 3.29. The van der Waals surface area contributed by atoms with E-state index in [9.17, 15) is 4.79 Å². The van der Waals surface area contributed by atoms with Crippen LogP contribution in [0.25, 0.3) is 33.2 Å². The van der Waals surface area contributed by atoms with Gasteiger partial charge in [0, 0.05) is 11.6 Å². The monoisotopic (exact) mass is 501 g/mol. The highest BCUT2D eigenvalue weighted by atomic mass is 35.5. The average molecular weight is 502 g/mol. The summed E-state index contributed by atoms with van der Waals surface area (Å²) < 4.78 is 2.30. The zero-order valence-electron chi connectivity index (χ0n) is 21.8. The van der Waals surface area contributed by atoms with Crippen LogP contribution in [0.15, 0.2) is 66.7 Å². The van der Waals surface area contributed by atoms with Crippen LogP contribution in [0.5, 0.6) is 0 Å². The molecule has 188 valence electrons. The Bertz CT molecular complexity index is 1340. The van der Waals surface area contributed by atoms with Crippen LogP contribution in [0.3, 0.4) is 0 Å². The van der Waals surface area contributed by atoms with Crippen molar-refractivity contribution in [3.63, 3.8) is 0 Å². The van der Waals surface area contributed by atoms with Crippen molar-refractivity contribution in [3.8, 4) is 11.4 Å². The lowest BCUT2D eigenvalue weighted by Crippen LogP contribution is -3.00. The summed E-state index contributed by atoms with van der Waals surface area (Å²) in [4.78, 5) is 19.3. The predicted octanol–water partition coefficient (Wildman–Crippen LogP) is 4.54. The molecule has 1 aromatic heterocycles. The minimum atomic E-state index is -0.237. The van der Waals surface area contributed by atoms with Crippen molar-refractivity contribution in [2.45, 2.75) is 76.3 Å². The molecule has 0 radical (unpaired) electrons. The molecule has 5 heteroatoms. The third-order valence-electron chi connectivity index (χ3n) is 8.22. The van der Waals surface area contributed by atoms with E-state index in [1.807, 2.05) is 6.07 Å². The molecule has 0 saturated heterocycles. The van der Waals surface area contributed by atoms with E-state index >= 15 is 0 Å². The standard InChI is InChI=1S/C31H35N3O.ClH/c35-31(32-24-16-5-2-6-17-24)29(23-13-3-1-4-14-23)34-28-21-10-9-20-27(28)33-30(34)26-19-11-15-22-12-7-8-18-25(22)26;/h7-12,15,18-21,23-24,29H,1-6,13-14,16-17H2,(H,32,35);1H. The van der Waals surface area contributed by atoms with Gasteiger partial charge in [-0.25, -0.2) is 4.98 Å². The van der Waals surface area contributed by atoms with Gasteiger partial charge >= 0.3 is 1.43 Å². The highest BCUT2D eigenvalue weighted by Gasteiger charge is 2.35. The number of hydrogen-bond acceptors (Lipinski definition) is 2. The molecule has 2 aliphatic carbocycles. The Labute approximate surface area is 221 Å². The molecule has 1 atom stereocenters. The molecule has 2 saturated carbocycles. The highest BCUT2D eigenvalue weighted by molar-refractivity contribution is 5.97. The number of aromatic nitrogens is 2. The third-order valence-corrected chi connectivity index (χ3v) is 8.22. The van der Waals surface area contributed by atoms with Crippen molar-refractivity contribution in [1.29, 1.82) is 0 Å². The Morgan fingerprint density at radius 1 is 0.833 bits per heavy atom. The van der Waals surface area contributed by atoms with Gasteiger partial charge in [-0.15, -0.1) is 0 Å². The molecule has 3 aromatic carbocycles. The van der Waals surface area contributed by atoms with Gasteiger partial charge in [-0.1, -0.05) is 93.1 Å². The minimum Gasteiger partial charge on any atom is -1.00 e. The first kappa shape index (κ1) is 24.8. The Kier molecular flexibility index (Phi) is 7.62. The van der Waals surface area contributed by atoms with E-state index in [-0.39, 0.29) is 25.8 Å². The highest BCUT2D eigenvalue weighted by Crippen LogP contribution is 2.40. The van der Waals surface area contributed by atoms with E-state index in [1.54, 1.807) is 0 Å². The number of amides is 1. The van der Waals surface area contributed by atoms with Crippen LogP contribution in [0, 0.1) is 5.92 Å². The van der Waals surface area contributed by atoms with E-state index in [2.05, 4.69) is 70.5 Å². The lowest BCUT2D eigenvalue weighted by Gasteiger charge is -2.34. The maximum Gasteiger partial charge on any atom is 1.00 e. The fraction of sp³-hybridized carbons (Fsp3) is 0.419. The van der Waals surface area contributed by atoms with E-state index in [0.29, 0.717) is 12.0 Å². The van der Waals surface area contributed by atoms with E-state index in [1.165, 1.54) is 49.3 Å². The number of nitrogens with one attached hydrogen (secondary N) is 1. The molecular weight excluding hydrogens is 466 g/mol. The van der Waals surface area contributed by atoms with Crippen LogP contribution in [-0.2, 0) is 4.79 Å². The van der Waals surface area contributed by atoms with E-state index in [4.69, 9.17) is 4.98 Å². The normalized spacial score (nSPS) is 18.1. The van der Waals surface area contributed by atoms with Crippen LogP contribution in [0.4, 0.5) is 0 Å². The molecule has 6 rings (SSSR count). The Balaban J connectivity index is 0.00000160. The van der Waals surface area contributed by atoms with Crippen LogP contribution < -0.4 is 17.7 Å². The van der Waals surface area contributed by atoms with E-state index in [0.717, 1.165) is 48.1 Å². The maximum atomic E-state index is 14.1. The number of nitrogens with zero attached hydrogens (tertiary/aromatic N) is 2. The number of rotatable bonds is 5.